The van der Waals surface area contributed by atoms with E-state index in [4.69, 9.17) is 14.9 Å². The molecule has 0 aliphatic rings. The summed E-state index contributed by atoms with van der Waals surface area (Å²) in [5, 5.41) is 0. The van der Waals surface area contributed by atoms with Crippen LogP contribution in [0.5, 0.6) is 5.75 Å². The molecule has 18 heavy (non-hydrogen) atoms. The Morgan fingerprint density at radius 3 is 2.56 bits per heavy atom. The quantitative estimate of drug-likeness (QED) is 0.881. The summed E-state index contributed by atoms with van der Waals surface area (Å²) in [7, 11) is 0. The van der Waals surface area contributed by atoms with Gasteiger partial charge in [-0.1, -0.05) is 13.8 Å². The number of hydrogen-bond acceptors (Lipinski definition) is 4. The normalized spacial score (nSPS) is 10.9. The zero-order valence-electron chi connectivity index (χ0n) is 10.7. The molecule has 0 spiro atoms. The van der Waals surface area contributed by atoms with Gasteiger partial charge in [0, 0.05) is 5.56 Å². The van der Waals surface area contributed by atoms with E-state index in [9.17, 15) is 0 Å². The molecule has 2 aromatic rings. The molecule has 1 aromatic carbocycles. The molecule has 0 amide bonds. The monoisotopic (exact) mass is 246 g/mol. The van der Waals surface area contributed by atoms with Crippen molar-refractivity contribution in [1.82, 2.24) is 4.98 Å². The second-order valence-electron chi connectivity index (χ2n) is 4.56. The molecular formula is C14H18N2O2. The third kappa shape index (κ3) is 3.11. The predicted octanol–water partition coefficient (Wildman–Crippen LogP) is 2.84. The van der Waals surface area contributed by atoms with E-state index in [2.05, 4.69) is 18.8 Å². The maximum Gasteiger partial charge on any atom is 0.208 e. The Bertz CT molecular complexity index is 489. The van der Waals surface area contributed by atoms with Crippen molar-refractivity contribution < 1.29 is 9.15 Å². The van der Waals surface area contributed by atoms with Crippen LogP contribution in [0.2, 0.25) is 0 Å². The van der Waals surface area contributed by atoms with Crippen molar-refractivity contribution in [2.75, 3.05) is 6.61 Å². The molecule has 0 radical (unpaired) electrons. The first-order chi connectivity index (χ1) is 8.69. The summed E-state index contributed by atoms with van der Waals surface area (Å²) < 4.78 is 10.8. The highest BCUT2D eigenvalue weighted by Gasteiger charge is 2.05. The van der Waals surface area contributed by atoms with Gasteiger partial charge in [-0.25, -0.2) is 4.98 Å². The smallest absolute Gasteiger partial charge is 0.208 e. The van der Waals surface area contributed by atoms with Crippen LogP contribution in [0.4, 0.5) is 0 Å². The van der Waals surface area contributed by atoms with E-state index in [1.54, 1.807) is 6.26 Å². The number of hydrogen-bond donors (Lipinski definition) is 1. The van der Waals surface area contributed by atoms with Crippen molar-refractivity contribution in [3.63, 3.8) is 0 Å². The van der Waals surface area contributed by atoms with Crippen LogP contribution in [-0.4, -0.2) is 11.6 Å². The topological polar surface area (TPSA) is 61.3 Å². The molecule has 0 aliphatic heterocycles. The first kappa shape index (κ1) is 12.6. The SMILES string of the molecule is CC(C)COc1ccc(-c2coc(CN)n2)cc1. The summed E-state index contributed by atoms with van der Waals surface area (Å²) in [4.78, 5) is 4.27. The van der Waals surface area contributed by atoms with Crippen LogP contribution < -0.4 is 10.5 Å². The average molecular weight is 246 g/mol. The molecule has 0 unspecified atom stereocenters. The van der Waals surface area contributed by atoms with Crippen molar-refractivity contribution in [2.45, 2.75) is 20.4 Å². The molecule has 0 fully saturated rings. The van der Waals surface area contributed by atoms with E-state index in [1.807, 2.05) is 24.3 Å². The minimum atomic E-state index is 0.315. The minimum Gasteiger partial charge on any atom is -0.493 e. The second kappa shape index (κ2) is 5.69. The number of benzene rings is 1. The summed E-state index contributed by atoms with van der Waals surface area (Å²) in [6, 6.07) is 7.81. The Balaban J connectivity index is 2.07. The van der Waals surface area contributed by atoms with Gasteiger partial charge in [0.05, 0.1) is 13.2 Å². The van der Waals surface area contributed by atoms with Crippen LogP contribution in [0, 0.1) is 5.92 Å². The fourth-order valence-electron chi connectivity index (χ4n) is 1.52. The largest absolute Gasteiger partial charge is 0.493 e. The fraction of sp³-hybridized carbons (Fsp3) is 0.357. The molecule has 0 saturated carbocycles. The average Bonchev–Trinajstić information content (AvgIpc) is 2.85. The lowest BCUT2D eigenvalue weighted by molar-refractivity contribution is 0.271. The molecule has 0 saturated heterocycles. The van der Waals surface area contributed by atoms with E-state index in [-0.39, 0.29) is 0 Å². The number of rotatable bonds is 5. The maximum atomic E-state index is 5.62. The Labute approximate surface area is 107 Å². The van der Waals surface area contributed by atoms with E-state index in [0.717, 1.165) is 23.6 Å². The van der Waals surface area contributed by atoms with Gasteiger partial charge in [-0.3, -0.25) is 0 Å². The Morgan fingerprint density at radius 1 is 1.28 bits per heavy atom. The van der Waals surface area contributed by atoms with Crippen molar-refractivity contribution in [3.8, 4) is 17.0 Å². The zero-order chi connectivity index (χ0) is 13.0. The molecule has 96 valence electrons. The van der Waals surface area contributed by atoms with Gasteiger partial charge in [0.25, 0.3) is 0 Å². The summed E-state index contributed by atoms with van der Waals surface area (Å²) in [6.07, 6.45) is 1.62. The molecule has 1 aromatic heterocycles. The summed E-state index contributed by atoms with van der Waals surface area (Å²) >= 11 is 0. The Morgan fingerprint density at radius 2 is 2.00 bits per heavy atom. The number of oxazole rings is 1. The second-order valence-corrected chi connectivity index (χ2v) is 4.56. The molecular weight excluding hydrogens is 228 g/mol. The Kier molecular flexibility index (Phi) is 3.99. The van der Waals surface area contributed by atoms with Crippen molar-refractivity contribution in [2.24, 2.45) is 11.7 Å². The van der Waals surface area contributed by atoms with Crippen LogP contribution in [0.15, 0.2) is 34.9 Å². The molecule has 0 bridgehead atoms. The maximum absolute atomic E-state index is 5.62. The van der Waals surface area contributed by atoms with Crippen LogP contribution in [0.1, 0.15) is 19.7 Å². The van der Waals surface area contributed by atoms with Crippen LogP contribution in [0.25, 0.3) is 11.3 Å². The number of nitrogens with zero attached hydrogens (tertiary/aromatic N) is 1. The van der Waals surface area contributed by atoms with E-state index in [1.165, 1.54) is 0 Å². The van der Waals surface area contributed by atoms with Gasteiger partial charge in [0.15, 0.2) is 0 Å². The van der Waals surface area contributed by atoms with Gasteiger partial charge in [0.1, 0.15) is 17.7 Å². The fourth-order valence-corrected chi connectivity index (χ4v) is 1.52. The van der Waals surface area contributed by atoms with Crippen molar-refractivity contribution >= 4 is 0 Å². The van der Waals surface area contributed by atoms with Crippen molar-refractivity contribution in [1.29, 1.82) is 0 Å². The van der Waals surface area contributed by atoms with E-state index >= 15 is 0 Å². The minimum absolute atomic E-state index is 0.315. The zero-order valence-corrected chi connectivity index (χ0v) is 10.7. The number of ether oxygens (including phenoxy) is 1. The highest BCUT2D eigenvalue weighted by Crippen LogP contribution is 2.22. The highest BCUT2D eigenvalue weighted by molar-refractivity contribution is 5.58. The summed E-state index contributed by atoms with van der Waals surface area (Å²) in [5.74, 6) is 1.94. The Hall–Kier alpha value is -1.81. The van der Waals surface area contributed by atoms with Crippen LogP contribution in [-0.2, 0) is 6.54 Å². The summed E-state index contributed by atoms with van der Waals surface area (Å²) in [5.41, 5.74) is 7.25. The van der Waals surface area contributed by atoms with E-state index < -0.39 is 0 Å². The molecule has 4 heteroatoms. The predicted molar refractivity (Wildman–Crippen MR) is 70.2 cm³/mol. The number of nitrogens with two attached hydrogens (primary N) is 1. The highest BCUT2D eigenvalue weighted by atomic mass is 16.5. The first-order valence-electron chi connectivity index (χ1n) is 6.06. The molecule has 1 heterocycles. The number of aromatic nitrogens is 1. The lowest BCUT2D eigenvalue weighted by Gasteiger charge is -2.08. The van der Waals surface area contributed by atoms with Gasteiger partial charge in [-0.2, -0.15) is 0 Å². The van der Waals surface area contributed by atoms with Gasteiger partial charge in [-0.05, 0) is 30.2 Å². The summed E-state index contributed by atoms with van der Waals surface area (Å²) in [6.45, 7) is 5.28. The van der Waals surface area contributed by atoms with Crippen LogP contribution in [0.3, 0.4) is 0 Å². The molecule has 0 aliphatic carbocycles. The van der Waals surface area contributed by atoms with Gasteiger partial charge < -0.3 is 14.9 Å². The molecule has 0 atom stereocenters. The lowest BCUT2D eigenvalue weighted by atomic mass is 10.1. The van der Waals surface area contributed by atoms with Crippen molar-refractivity contribution in [3.05, 3.63) is 36.4 Å². The van der Waals surface area contributed by atoms with Crippen LogP contribution >= 0.6 is 0 Å². The standard InChI is InChI=1S/C14H18N2O2/c1-10(2)8-17-12-5-3-11(4-6-12)13-9-18-14(7-15)16-13/h3-6,9-10H,7-8,15H2,1-2H3. The van der Waals surface area contributed by atoms with Gasteiger partial charge >= 0.3 is 0 Å². The van der Waals surface area contributed by atoms with Gasteiger partial charge in [0.2, 0.25) is 5.89 Å². The molecule has 2 N–H and O–H groups in total. The molecule has 2 rings (SSSR count). The van der Waals surface area contributed by atoms with Gasteiger partial charge in [-0.15, -0.1) is 0 Å². The molecule has 4 nitrogen and oxygen atoms in total. The first-order valence-corrected chi connectivity index (χ1v) is 6.06. The lowest BCUT2D eigenvalue weighted by Crippen LogP contribution is -2.04. The third-order valence-electron chi connectivity index (χ3n) is 2.46. The third-order valence-corrected chi connectivity index (χ3v) is 2.46. The van der Waals surface area contributed by atoms with E-state index in [0.29, 0.717) is 18.4 Å².